The molecule has 0 aliphatic heterocycles. The van der Waals surface area contributed by atoms with E-state index in [-0.39, 0.29) is 5.91 Å². The van der Waals surface area contributed by atoms with Crippen molar-refractivity contribution in [2.45, 2.75) is 34.1 Å². The predicted molar refractivity (Wildman–Crippen MR) is 60.2 cm³/mol. The van der Waals surface area contributed by atoms with Crippen molar-refractivity contribution in [1.82, 2.24) is 10.6 Å². The number of carbonyl (C=O) groups is 1. The van der Waals surface area contributed by atoms with Crippen LogP contribution in [0.1, 0.15) is 34.1 Å². The third-order valence-electron chi connectivity index (χ3n) is 2.51. The van der Waals surface area contributed by atoms with Crippen LogP contribution < -0.4 is 10.6 Å². The lowest BCUT2D eigenvalue weighted by molar-refractivity contribution is -0.120. The van der Waals surface area contributed by atoms with E-state index in [1.54, 1.807) is 0 Å². The van der Waals surface area contributed by atoms with Crippen molar-refractivity contribution in [3.63, 3.8) is 0 Å². The summed E-state index contributed by atoms with van der Waals surface area (Å²) in [5, 5.41) is 6.07. The van der Waals surface area contributed by atoms with E-state index in [2.05, 4.69) is 31.4 Å². The van der Waals surface area contributed by atoms with E-state index in [1.165, 1.54) is 0 Å². The van der Waals surface area contributed by atoms with E-state index in [1.807, 2.05) is 6.92 Å². The van der Waals surface area contributed by atoms with Crippen LogP contribution in [0.2, 0.25) is 0 Å². The summed E-state index contributed by atoms with van der Waals surface area (Å²) in [5.74, 6) is 1.51. The van der Waals surface area contributed by atoms with Gasteiger partial charge in [-0.15, -0.1) is 0 Å². The van der Waals surface area contributed by atoms with Gasteiger partial charge in [0.25, 0.3) is 0 Å². The highest BCUT2D eigenvalue weighted by Gasteiger charge is 2.06. The summed E-state index contributed by atoms with van der Waals surface area (Å²) in [7, 11) is 0. The number of rotatable bonds is 7. The van der Waals surface area contributed by atoms with Gasteiger partial charge >= 0.3 is 0 Å². The molecule has 1 amide bonds. The van der Waals surface area contributed by atoms with Gasteiger partial charge in [0.1, 0.15) is 0 Å². The average Bonchev–Trinajstić information content (AvgIpc) is 2.12. The minimum Gasteiger partial charge on any atom is -0.356 e. The highest BCUT2D eigenvalue weighted by Crippen LogP contribution is 2.07. The molecule has 0 heterocycles. The first kappa shape index (κ1) is 13.4. The molecule has 84 valence electrons. The molecule has 14 heavy (non-hydrogen) atoms. The van der Waals surface area contributed by atoms with Gasteiger partial charge < -0.3 is 10.6 Å². The van der Waals surface area contributed by atoms with Gasteiger partial charge in [-0.1, -0.05) is 20.8 Å². The minimum atomic E-state index is 0.136. The van der Waals surface area contributed by atoms with E-state index < -0.39 is 0 Å². The molecule has 0 aromatic heterocycles. The molecule has 0 aliphatic carbocycles. The lowest BCUT2D eigenvalue weighted by Gasteiger charge is -2.15. The number of hydrogen-bond donors (Lipinski definition) is 2. The molecular weight excluding hydrogens is 176 g/mol. The van der Waals surface area contributed by atoms with E-state index in [4.69, 9.17) is 0 Å². The fraction of sp³-hybridized carbons (Fsp3) is 0.909. The van der Waals surface area contributed by atoms with Crippen LogP contribution in [-0.4, -0.2) is 25.5 Å². The fourth-order valence-electron chi connectivity index (χ4n) is 1.05. The Balaban J connectivity index is 3.33. The monoisotopic (exact) mass is 200 g/mol. The zero-order chi connectivity index (χ0) is 11.0. The first-order chi connectivity index (χ1) is 6.57. The van der Waals surface area contributed by atoms with Crippen molar-refractivity contribution < 1.29 is 4.79 Å². The van der Waals surface area contributed by atoms with Crippen molar-refractivity contribution in [2.24, 2.45) is 11.8 Å². The summed E-state index contributed by atoms with van der Waals surface area (Å²) >= 11 is 0. The first-order valence-electron chi connectivity index (χ1n) is 5.55. The Kier molecular flexibility index (Phi) is 7.48. The lowest BCUT2D eigenvalue weighted by atomic mass is 9.98. The maximum Gasteiger partial charge on any atom is 0.221 e. The van der Waals surface area contributed by atoms with Crippen LogP contribution in [0.15, 0.2) is 0 Å². The zero-order valence-electron chi connectivity index (χ0n) is 9.89. The molecule has 0 bridgehead atoms. The van der Waals surface area contributed by atoms with Crippen molar-refractivity contribution in [3.05, 3.63) is 0 Å². The maximum atomic E-state index is 11.1. The van der Waals surface area contributed by atoms with Crippen LogP contribution in [0.5, 0.6) is 0 Å². The Labute approximate surface area is 87.6 Å². The Hall–Kier alpha value is -0.570. The predicted octanol–water partition coefficient (Wildman–Crippen LogP) is 1.39. The van der Waals surface area contributed by atoms with Crippen molar-refractivity contribution in [3.8, 4) is 0 Å². The van der Waals surface area contributed by atoms with Gasteiger partial charge in [0.05, 0.1) is 0 Å². The molecule has 0 radical (unpaired) electrons. The molecule has 0 fully saturated rings. The standard InChI is InChI=1S/C11H24N2O/c1-5-13-11(14)6-7-12-8-10(4)9(2)3/h9-10,12H,5-8H2,1-4H3,(H,13,14). The molecule has 0 aromatic carbocycles. The quantitative estimate of drug-likeness (QED) is 0.610. The third-order valence-corrected chi connectivity index (χ3v) is 2.51. The highest BCUT2D eigenvalue weighted by molar-refractivity contribution is 5.75. The van der Waals surface area contributed by atoms with Crippen LogP contribution in [0, 0.1) is 11.8 Å². The SMILES string of the molecule is CCNC(=O)CCNCC(C)C(C)C. The fourth-order valence-corrected chi connectivity index (χ4v) is 1.05. The van der Waals surface area contributed by atoms with E-state index in [9.17, 15) is 4.79 Å². The number of amides is 1. The van der Waals surface area contributed by atoms with Gasteiger partial charge in [0, 0.05) is 19.5 Å². The summed E-state index contributed by atoms with van der Waals surface area (Å²) < 4.78 is 0. The Morgan fingerprint density at radius 1 is 1.29 bits per heavy atom. The van der Waals surface area contributed by atoms with Crippen LogP contribution >= 0.6 is 0 Å². The molecule has 0 spiro atoms. The second-order valence-corrected chi connectivity index (χ2v) is 4.13. The van der Waals surface area contributed by atoms with Crippen molar-refractivity contribution in [1.29, 1.82) is 0 Å². The highest BCUT2D eigenvalue weighted by atomic mass is 16.1. The van der Waals surface area contributed by atoms with Crippen LogP contribution in [0.3, 0.4) is 0 Å². The van der Waals surface area contributed by atoms with Gasteiger partial charge in [-0.05, 0) is 25.3 Å². The topological polar surface area (TPSA) is 41.1 Å². The normalized spacial score (nSPS) is 12.9. The van der Waals surface area contributed by atoms with E-state index in [0.717, 1.165) is 19.6 Å². The Morgan fingerprint density at radius 2 is 1.93 bits per heavy atom. The van der Waals surface area contributed by atoms with Crippen LogP contribution in [-0.2, 0) is 4.79 Å². The molecule has 0 aliphatic rings. The largest absolute Gasteiger partial charge is 0.356 e. The number of hydrogen-bond acceptors (Lipinski definition) is 2. The molecule has 0 saturated carbocycles. The van der Waals surface area contributed by atoms with Crippen LogP contribution in [0.25, 0.3) is 0 Å². The van der Waals surface area contributed by atoms with E-state index >= 15 is 0 Å². The number of carbonyl (C=O) groups excluding carboxylic acids is 1. The summed E-state index contributed by atoms with van der Waals surface area (Å²) in [4.78, 5) is 11.1. The lowest BCUT2D eigenvalue weighted by Crippen LogP contribution is -2.30. The average molecular weight is 200 g/mol. The Bertz CT molecular complexity index is 157. The molecular formula is C11H24N2O. The summed E-state index contributed by atoms with van der Waals surface area (Å²) in [5.41, 5.74) is 0. The molecule has 0 rings (SSSR count). The van der Waals surface area contributed by atoms with Crippen molar-refractivity contribution >= 4 is 5.91 Å². The molecule has 0 aromatic rings. The second-order valence-electron chi connectivity index (χ2n) is 4.13. The van der Waals surface area contributed by atoms with Gasteiger partial charge in [-0.25, -0.2) is 0 Å². The summed E-state index contributed by atoms with van der Waals surface area (Å²) in [6.45, 7) is 11.1. The smallest absolute Gasteiger partial charge is 0.221 e. The van der Waals surface area contributed by atoms with Gasteiger partial charge in [0.2, 0.25) is 5.91 Å². The molecule has 2 N–H and O–H groups in total. The maximum absolute atomic E-state index is 11.1. The molecule has 0 saturated heterocycles. The first-order valence-corrected chi connectivity index (χ1v) is 5.55. The Morgan fingerprint density at radius 3 is 2.43 bits per heavy atom. The summed E-state index contributed by atoms with van der Waals surface area (Å²) in [6.07, 6.45) is 0.582. The second kappa shape index (κ2) is 7.80. The van der Waals surface area contributed by atoms with E-state index in [0.29, 0.717) is 18.3 Å². The third kappa shape index (κ3) is 6.89. The zero-order valence-corrected chi connectivity index (χ0v) is 9.89. The van der Waals surface area contributed by atoms with Gasteiger partial charge in [0.15, 0.2) is 0 Å². The van der Waals surface area contributed by atoms with Crippen LogP contribution in [0.4, 0.5) is 0 Å². The van der Waals surface area contributed by atoms with Gasteiger partial charge in [-0.3, -0.25) is 4.79 Å². The molecule has 1 atom stereocenters. The van der Waals surface area contributed by atoms with Gasteiger partial charge in [-0.2, -0.15) is 0 Å². The summed E-state index contributed by atoms with van der Waals surface area (Å²) in [6, 6.07) is 0. The minimum absolute atomic E-state index is 0.136. The molecule has 1 unspecified atom stereocenters. The molecule has 3 nitrogen and oxygen atoms in total. The van der Waals surface area contributed by atoms with Crippen molar-refractivity contribution in [2.75, 3.05) is 19.6 Å². The molecule has 3 heteroatoms. The number of nitrogens with one attached hydrogen (secondary N) is 2.